The van der Waals surface area contributed by atoms with Crippen LogP contribution in [-0.2, 0) is 9.84 Å². The molecule has 1 unspecified atom stereocenters. The first-order valence-corrected chi connectivity index (χ1v) is 6.70. The van der Waals surface area contributed by atoms with Crippen molar-refractivity contribution < 1.29 is 17.5 Å². The number of ether oxygens (including phenoxy) is 1. The fourth-order valence-corrected chi connectivity index (χ4v) is 3.25. The second-order valence-corrected chi connectivity index (χ2v) is 6.05. The van der Waals surface area contributed by atoms with Crippen LogP contribution < -0.4 is 10.5 Å². The van der Waals surface area contributed by atoms with E-state index in [-0.39, 0.29) is 23.3 Å². The van der Waals surface area contributed by atoms with Gasteiger partial charge in [0, 0.05) is 6.07 Å². The zero-order valence-corrected chi connectivity index (χ0v) is 9.34. The summed E-state index contributed by atoms with van der Waals surface area (Å²) < 4.78 is 40.6. The van der Waals surface area contributed by atoms with Gasteiger partial charge in [0.2, 0.25) is 0 Å². The Bertz CT molecular complexity index is 501. The summed E-state index contributed by atoms with van der Waals surface area (Å²) in [6, 6.07) is 3.80. The van der Waals surface area contributed by atoms with E-state index in [4.69, 9.17) is 10.5 Å². The van der Waals surface area contributed by atoms with E-state index in [0.29, 0.717) is 12.2 Å². The number of halogens is 1. The third kappa shape index (κ3) is 2.44. The molecule has 1 heterocycles. The Morgan fingerprint density at radius 3 is 2.75 bits per heavy atom. The largest absolute Gasteiger partial charge is 0.487 e. The van der Waals surface area contributed by atoms with E-state index in [1.165, 1.54) is 12.1 Å². The molecule has 1 atom stereocenters. The first-order chi connectivity index (χ1) is 7.46. The molecule has 0 saturated carbocycles. The average molecular weight is 245 g/mol. The Labute approximate surface area is 93.1 Å². The van der Waals surface area contributed by atoms with Crippen LogP contribution in [0.2, 0.25) is 0 Å². The lowest BCUT2D eigenvalue weighted by Gasteiger charge is -2.13. The molecule has 2 N–H and O–H groups in total. The van der Waals surface area contributed by atoms with Gasteiger partial charge in [-0.2, -0.15) is 0 Å². The van der Waals surface area contributed by atoms with Gasteiger partial charge in [-0.1, -0.05) is 0 Å². The quantitative estimate of drug-likeness (QED) is 0.788. The van der Waals surface area contributed by atoms with Crippen molar-refractivity contribution in [3.8, 4) is 5.75 Å². The highest BCUT2D eigenvalue weighted by Gasteiger charge is 2.29. The van der Waals surface area contributed by atoms with Crippen molar-refractivity contribution in [3.63, 3.8) is 0 Å². The van der Waals surface area contributed by atoms with Crippen molar-refractivity contribution in [2.75, 3.05) is 17.2 Å². The highest BCUT2D eigenvalue weighted by atomic mass is 32.2. The van der Waals surface area contributed by atoms with Gasteiger partial charge in [0.05, 0.1) is 17.2 Å². The summed E-state index contributed by atoms with van der Waals surface area (Å²) >= 11 is 0. The zero-order valence-electron chi connectivity index (χ0n) is 8.52. The first kappa shape index (κ1) is 11.2. The molecule has 1 fully saturated rings. The lowest BCUT2D eigenvalue weighted by Crippen LogP contribution is -2.18. The molecule has 16 heavy (non-hydrogen) atoms. The first-order valence-electron chi connectivity index (χ1n) is 4.88. The van der Waals surface area contributed by atoms with Gasteiger partial charge in [0.15, 0.2) is 9.84 Å². The van der Waals surface area contributed by atoms with Crippen molar-refractivity contribution in [2.24, 2.45) is 0 Å². The molecular weight excluding hydrogens is 233 g/mol. The summed E-state index contributed by atoms with van der Waals surface area (Å²) in [6.45, 7) is 0. The number of hydrogen-bond donors (Lipinski definition) is 1. The van der Waals surface area contributed by atoms with Gasteiger partial charge in [-0.05, 0) is 18.6 Å². The minimum atomic E-state index is -2.98. The van der Waals surface area contributed by atoms with Crippen molar-refractivity contribution in [2.45, 2.75) is 12.5 Å². The van der Waals surface area contributed by atoms with Crippen LogP contribution in [0, 0.1) is 5.82 Å². The molecule has 4 nitrogen and oxygen atoms in total. The van der Waals surface area contributed by atoms with Crippen molar-refractivity contribution >= 4 is 15.5 Å². The molecular formula is C10H12FNO3S. The van der Waals surface area contributed by atoms with E-state index in [1.54, 1.807) is 0 Å². The maximum atomic E-state index is 12.8. The van der Waals surface area contributed by atoms with Gasteiger partial charge in [0.1, 0.15) is 17.7 Å². The van der Waals surface area contributed by atoms with Crippen LogP contribution in [0.15, 0.2) is 18.2 Å². The highest BCUT2D eigenvalue weighted by Crippen LogP contribution is 2.26. The third-order valence-corrected chi connectivity index (χ3v) is 4.19. The summed E-state index contributed by atoms with van der Waals surface area (Å²) in [5.74, 6) is 0.0372. The Balaban J connectivity index is 2.11. The number of hydrogen-bond acceptors (Lipinski definition) is 4. The Morgan fingerprint density at radius 2 is 2.19 bits per heavy atom. The SMILES string of the molecule is Nc1cc(F)ccc1OC1CCS(=O)(=O)C1. The van der Waals surface area contributed by atoms with E-state index in [1.807, 2.05) is 0 Å². The standard InChI is InChI=1S/C10H12FNO3S/c11-7-1-2-10(9(12)5-7)15-8-3-4-16(13,14)6-8/h1-2,5,8H,3-4,6,12H2. The smallest absolute Gasteiger partial charge is 0.154 e. The topological polar surface area (TPSA) is 69.4 Å². The fraction of sp³-hybridized carbons (Fsp3) is 0.400. The Morgan fingerprint density at radius 1 is 1.44 bits per heavy atom. The summed E-state index contributed by atoms with van der Waals surface area (Å²) in [7, 11) is -2.98. The molecule has 1 saturated heterocycles. The molecule has 6 heteroatoms. The Kier molecular flexibility index (Phi) is 2.75. The van der Waals surface area contributed by atoms with E-state index >= 15 is 0 Å². The molecule has 0 amide bonds. The van der Waals surface area contributed by atoms with E-state index in [0.717, 1.165) is 6.07 Å². The number of nitrogen functional groups attached to an aromatic ring is 1. The molecule has 1 aliphatic rings. The van der Waals surface area contributed by atoms with Crippen LogP contribution in [-0.4, -0.2) is 26.0 Å². The number of benzene rings is 1. The summed E-state index contributed by atoms with van der Waals surface area (Å²) in [6.07, 6.45) is 0.0804. The van der Waals surface area contributed by atoms with Gasteiger partial charge in [-0.25, -0.2) is 12.8 Å². The van der Waals surface area contributed by atoms with E-state index in [9.17, 15) is 12.8 Å². The predicted molar refractivity (Wildman–Crippen MR) is 58.5 cm³/mol. The summed E-state index contributed by atoms with van der Waals surface area (Å²) in [4.78, 5) is 0. The average Bonchev–Trinajstić information content (AvgIpc) is 2.51. The second-order valence-electron chi connectivity index (χ2n) is 3.83. The van der Waals surface area contributed by atoms with Gasteiger partial charge in [-0.3, -0.25) is 0 Å². The monoisotopic (exact) mass is 245 g/mol. The number of rotatable bonds is 2. The minimum Gasteiger partial charge on any atom is -0.487 e. The third-order valence-electron chi connectivity index (χ3n) is 2.46. The van der Waals surface area contributed by atoms with Crippen molar-refractivity contribution in [1.82, 2.24) is 0 Å². The molecule has 0 aliphatic carbocycles. The minimum absolute atomic E-state index is 0.00379. The molecule has 1 aromatic rings. The predicted octanol–water partition coefficient (Wildman–Crippen LogP) is 0.974. The molecule has 1 aliphatic heterocycles. The van der Waals surface area contributed by atoms with Gasteiger partial charge < -0.3 is 10.5 Å². The lowest BCUT2D eigenvalue weighted by atomic mass is 10.2. The lowest BCUT2D eigenvalue weighted by molar-refractivity contribution is 0.230. The summed E-state index contributed by atoms with van der Waals surface area (Å²) in [5.41, 5.74) is 5.74. The van der Waals surface area contributed by atoms with Crippen molar-refractivity contribution in [1.29, 1.82) is 0 Å². The number of nitrogens with two attached hydrogens (primary N) is 1. The zero-order chi connectivity index (χ0) is 11.8. The second kappa shape index (κ2) is 3.93. The van der Waals surface area contributed by atoms with Crippen LogP contribution in [0.4, 0.5) is 10.1 Å². The normalized spacial score (nSPS) is 23.2. The molecule has 0 aromatic heterocycles. The molecule has 1 aromatic carbocycles. The summed E-state index contributed by atoms with van der Waals surface area (Å²) in [5, 5.41) is 0. The number of sulfone groups is 1. The van der Waals surface area contributed by atoms with E-state index < -0.39 is 15.7 Å². The fourth-order valence-electron chi connectivity index (χ4n) is 1.66. The molecule has 88 valence electrons. The number of anilines is 1. The van der Waals surface area contributed by atoms with E-state index in [2.05, 4.69) is 0 Å². The van der Waals surface area contributed by atoms with Crippen LogP contribution >= 0.6 is 0 Å². The molecule has 0 spiro atoms. The molecule has 2 rings (SSSR count). The molecule has 0 bridgehead atoms. The highest BCUT2D eigenvalue weighted by molar-refractivity contribution is 7.91. The maximum absolute atomic E-state index is 12.8. The maximum Gasteiger partial charge on any atom is 0.154 e. The van der Waals surface area contributed by atoms with Crippen molar-refractivity contribution in [3.05, 3.63) is 24.0 Å². The molecule has 0 radical (unpaired) electrons. The van der Waals surface area contributed by atoms with Crippen LogP contribution in [0.25, 0.3) is 0 Å². The van der Waals surface area contributed by atoms with Crippen LogP contribution in [0.5, 0.6) is 5.75 Å². The van der Waals surface area contributed by atoms with Gasteiger partial charge in [-0.15, -0.1) is 0 Å². The van der Waals surface area contributed by atoms with Gasteiger partial charge in [0.25, 0.3) is 0 Å². The van der Waals surface area contributed by atoms with Gasteiger partial charge >= 0.3 is 0 Å². The van der Waals surface area contributed by atoms with Crippen LogP contribution in [0.1, 0.15) is 6.42 Å². The van der Waals surface area contributed by atoms with Crippen LogP contribution in [0.3, 0.4) is 0 Å². The Hall–Kier alpha value is -1.30.